The van der Waals surface area contributed by atoms with Gasteiger partial charge in [0.2, 0.25) is 0 Å². The molecule has 2 rings (SSSR count). The molecular weight excluding hydrogens is 162 g/mol. The van der Waals surface area contributed by atoms with Crippen LogP contribution in [0.2, 0.25) is 0 Å². The number of nitrogens with zero attached hydrogens (tertiary/aromatic N) is 3. The third-order valence-corrected chi connectivity index (χ3v) is 3.14. The maximum absolute atomic E-state index is 4.21. The van der Waals surface area contributed by atoms with E-state index in [0.29, 0.717) is 6.04 Å². The lowest BCUT2D eigenvalue weighted by molar-refractivity contribution is 0.247. The van der Waals surface area contributed by atoms with E-state index in [0.717, 1.165) is 5.92 Å². The van der Waals surface area contributed by atoms with Gasteiger partial charge < -0.3 is 0 Å². The van der Waals surface area contributed by atoms with Gasteiger partial charge in [-0.1, -0.05) is 26.2 Å². The Morgan fingerprint density at radius 2 is 2.38 bits per heavy atom. The molecule has 1 aromatic rings. The lowest BCUT2D eigenvalue weighted by Gasteiger charge is -2.28. The summed E-state index contributed by atoms with van der Waals surface area (Å²) in [5, 5.41) is 4.21. The molecular formula is C10H17N3. The van der Waals surface area contributed by atoms with Crippen molar-refractivity contribution in [3.63, 3.8) is 0 Å². The van der Waals surface area contributed by atoms with Crippen LogP contribution in [0.1, 0.15) is 45.1 Å². The van der Waals surface area contributed by atoms with Crippen LogP contribution in [-0.2, 0) is 0 Å². The molecule has 0 amide bonds. The summed E-state index contributed by atoms with van der Waals surface area (Å²) in [4.78, 5) is 4.00. The first-order chi connectivity index (χ1) is 6.40. The average Bonchev–Trinajstić information content (AvgIpc) is 2.71. The van der Waals surface area contributed by atoms with Crippen molar-refractivity contribution in [1.82, 2.24) is 14.8 Å². The number of aromatic nitrogens is 3. The van der Waals surface area contributed by atoms with Crippen molar-refractivity contribution >= 4 is 0 Å². The van der Waals surface area contributed by atoms with Crippen molar-refractivity contribution in [3.8, 4) is 0 Å². The molecule has 0 radical (unpaired) electrons. The monoisotopic (exact) mass is 179 g/mol. The maximum atomic E-state index is 4.21. The topological polar surface area (TPSA) is 30.7 Å². The smallest absolute Gasteiger partial charge is 0.137 e. The van der Waals surface area contributed by atoms with E-state index in [1.807, 2.05) is 11.0 Å². The number of hydrogen-bond acceptors (Lipinski definition) is 2. The molecule has 0 bridgehead atoms. The number of rotatable bonds is 2. The molecule has 72 valence electrons. The SMILES string of the molecule is CCC1CCCC(n2cncn2)C1. The van der Waals surface area contributed by atoms with E-state index in [-0.39, 0.29) is 0 Å². The van der Waals surface area contributed by atoms with Gasteiger partial charge in [-0.2, -0.15) is 5.10 Å². The van der Waals surface area contributed by atoms with E-state index in [1.54, 1.807) is 6.33 Å². The molecule has 1 aliphatic carbocycles. The van der Waals surface area contributed by atoms with Gasteiger partial charge in [-0.15, -0.1) is 0 Å². The predicted octanol–water partition coefficient (Wildman–Crippen LogP) is 2.42. The second kappa shape index (κ2) is 3.90. The first-order valence-corrected chi connectivity index (χ1v) is 5.24. The molecule has 13 heavy (non-hydrogen) atoms. The fourth-order valence-electron chi connectivity index (χ4n) is 2.28. The molecule has 0 N–H and O–H groups in total. The lowest BCUT2D eigenvalue weighted by Crippen LogP contribution is -2.19. The lowest BCUT2D eigenvalue weighted by atomic mass is 9.84. The highest BCUT2D eigenvalue weighted by Gasteiger charge is 2.22. The summed E-state index contributed by atoms with van der Waals surface area (Å²) in [5.41, 5.74) is 0. The third-order valence-electron chi connectivity index (χ3n) is 3.14. The van der Waals surface area contributed by atoms with Gasteiger partial charge in [0.15, 0.2) is 0 Å². The van der Waals surface area contributed by atoms with Crippen LogP contribution in [0, 0.1) is 5.92 Å². The van der Waals surface area contributed by atoms with Crippen LogP contribution in [0.4, 0.5) is 0 Å². The van der Waals surface area contributed by atoms with Crippen molar-refractivity contribution < 1.29 is 0 Å². The minimum atomic E-state index is 0.612. The Bertz CT molecular complexity index is 243. The fourth-order valence-corrected chi connectivity index (χ4v) is 2.28. The van der Waals surface area contributed by atoms with E-state index in [4.69, 9.17) is 0 Å². The molecule has 3 heteroatoms. The summed E-state index contributed by atoms with van der Waals surface area (Å²) in [6.45, 7) is 2.29. The predicted molar refractivity (Wildman–Crippen MR) is 51.3 cm³/mol. The summed E-state index contributed by atoms with van der Waals surface area (Å²) in [7, 11) is 0. The van der Waals surface area contributed by atoms with E-state index in [2.05, 4.69) is 17.0 Å². The Labute approximate surface area is 79.2 Å². The Balaban J connectivity index is 2.00. The molecule has 0 spiro atoms. The van der Waals surface area contributed by atoms with Gasteiger partial charge in [0, 0.05) is 0 Å². The van der Waals surface area contributed by atoms with Crippen molar-refractivity contribution in [1.29, 1.82) is 0 Å². The third kappa shape index (κ3) is 1.90. The minimum absolute atomic E-state index is 0.612. The van der Waals surface area contributed by atoms with Crippen LogP contribution < -0.4 is 0 Å². The quantitative estimate of drug-likeness (QED) is 0.698. The molecule has 3 nitrogen and oxygen atoms in total. The molecule has 1 aromatic heterocycles. The Kier molecular flexibility index (Phi) is 2.62. The molecule has 1 fully saturated rings. The van der Waals surface area contributed by atoms with Crippen molar-refractivity contribution in [2.75, 3.05) is 0 Å². The zero-order valence-electron chi connectivity index (χ0n) is 8.19. The maximum Gasteiger partial charge on any atom is 0.137 e. The van der Waals surface area contributed by atoms with Gasteiger partial charge in [-0.05, 0) is 18.8 Å². The Hall–Kier alpha value is -0.860. The van der Waals surface area contributed by atoms with Crippen LogP contribution in [-0.4, -0.2) is 14.8 Å². The summed E-state index contributed by atoms with van der Waals surface area (Å²) >= 11 is 0. The Morgan fingerprint density at radius 3 is 3.08 bits per heavy atom. The Morgan fingerprint density at radius 1 is 1.46 bits per heavy atom. The molecule has 1 saturated carbocycles. The molecule has 1 heterocycles. The molecule has 0 saturated heterocycles. The summed E-state index contributed by atoms with van der Waals surface area (Å²) < 4.78 is 2.03. The van der Waals surface area contributed by atoms with Gasteiger partial charge in [-0.25, -0.2) is 9.67 Å². The van der Waals surface area contributed by atoms with Gasteiger partial charge in [0.1, 0.15) is 12.7 Å². The molecule has 0 aromatic carbocycles. The van der Waals surface area contributed by atoms with Crippen LogP contribution in [0.5, 0.6) is 0 Å². The highest BCUT2D eigenvalue weighted by atomic mass is 15.3. The first-order valence-electron chi connectivity index (χ1n) is 5.24. The highest BCUT2D eigenvalue weighted by molar-refractivity contribution is 4.77. The summed E-state index contributed by atoms with van der Waals surface area (Å²) in [6, 6.07) is 0.612. The second-order valence-corrected chi connectivity index (χ2v) is 3.97. The van der Waals surface area contributed by atoms with Gasteiger partial charge >= 0.3 is 0 Å². The van der Waals surface area contributed by atoms with Crippen molar-refractivity contribution in [2.24, 2.45) is 5.92 Å². The zero-order valence-corrected chi connectivity index (χ0v) is 8.19. The minimum Gasteiger partial charge on any atom is -0.250 e. The molecule has 2 atom stereocenters. The van der Waals surface area contributed by atoms with Crippen LogP contribution in [0.3, 0.4) is 0 Å². The normalized spacial score (nSPS) is 29.0. The van der Waals surface area contributed by atoms with E-state index < -0.39 is 0 Å². The fraction of sp³-hybridized carbons (Fsp3) is 0.800. The molecule has 0 aliphatic heterocycles. The largest absolute Gasteiger partial charge is 0.250 e. The highest BCUT2D eigenvalue weighted by Crippen LogP contribution is 2.33. The summed E-state index contributed by atoms with van der Waals surface area (Å²) in [6.07, 6.45) is 10.1. The van der Waals surface area contributed by atoms with Crippen LogP contribution in [0.25, 0.3) is 0 Å². The van der Waals surface area contributed by atoms with Gasteiger partial charge in [0.05, 0.1) is 6.04 Å². The van der Waals surface area contributed by atoms with Crippen molar-refractivity contribution in [3.05, 3.63) is 12.7 Å². The van der Waals surface area contributed by atoms with Gasteiger partial charge in [0.25, 0.3) is 0 Å². The number of hydrogen-bond donors (Lipinski definition) is 0. The standard InChI is InChI=1S/C10H17N3/c1-2-9-4-3-5-10(6-9)13-8-11-7-12-13/h7-10H,2-6H2,1H3. The average molecular weight is 179 g/mol. The van der Waals surface area contributed by atoms with E-state index in [9.17, 15) is 0 Å². The molecule has 1 aliphatic rings. The van der Waals surface area contributed by atoms with E-state index >= 15 is 0 Å². The second-order valence-electron chi connectivity index (χ2n) is 3.97. The van der Waals surface area contributed by atoms with Crippen LogP contribution >= 0.6 is 0 Å². The summed E-state index contributed by atoms with van der Waals surface area (Å²) in [5.74, 6) is 0.906. The first kappa shape index (κ1) is 8.73. The molecule has 2 unspecified atom stereocenters. The van der Waals surface area contributed by atoms with Crippen molar-refractivity contribution in [2.45, 2.75) is 45.1 Å². The zero-order chi connectivity index (χ0) is 9.10. The van der Waals surface area contributed by atoms with Crippen LogP contribution in [0.15, 0.2) is 12.7 Å². The van der Waals surface area contributed by atoms with Gasteiger partial charge in [-0.3, -0.25) is 0 Å². The van der Waals surface area contributed by atoms with E-state index in [1.165, 1.54) is 32.1 Å².